The SMILES string of the molecule is CC(O)c1nc2ccccc2n1CC(=O)Nc1ccc(C(F)(F)F)cc1. The number of para-hydroxylation sites is 2. The first-order valence-corrected chi connectivity index (χ1v) is 7.86. The minimum Gasteiger partial charge on any atom is -0.385 e. The van der Waals surface area contributed by atoms with Crippen LogP contribution in [0.3, 0.4) is 0 Å². The number of nitrogens with zero attached hydrogens (tertiary/aromatic N) is 2. The summed E-state index contributed by atoms with van der Waals surface area (Å²) >= 11 is 0. The second-order valence-corrected chi connectivity index (χ2v) is 5.84. The van der Waals surface area contributed by atoms with Crippen LogP contribution in [0.4, 0.5) is 18.9 Å². The molecule has 0 fully saturated rings. The number of hydrogen-bond donors (Lipinski definition) is 2. The zero-order valence-corrected chi connectivity index (χ0v) is 13.8. The van der Waals surface area contributed by atoms with Gasteiger partial charge in [0.05, 0.1) is 16.6 Å². The van der Waals surface area contributed by atoms with Crippen LogP contribution >= 0.6 is 0 Å². The molecular formula is C18H16F3N3O2. The van der Waals surface area contributed by atoms with E-state index in [1.807, 2.05) is 0 Å². The van der Waals surface area contributed by atoms with E-state index in [-0.39, 0.29) is 12.2 Å². The highest BCUT2D eigenvalue weighted by Crippen LogP contribution is 2.29. The first-order chi connectivity index (χ1) is 12.3. The van der Waals surface area contributed by atoms with Gasteiger partial charge in [-0.1, -0.05) is 12.1 Å². The van der Waals surface area contributed by atoms with E-state index in [0.29, 0.717) is 16.9 Å². The Kier molecular flexibility index (Phi) is 4.69. The number of halogens is 3. The predicted molar refractivity (Wildman–Crippen MR) is 90.4 cm³/mol. The number of benzene rings is 2. The number of hydrogen-bond acceptors (Lipinski definition) is 3. The van der Waals surface area contributed by atoms with Crippen molar-refractivity contribution in [1.82, 2.24) is 9.55 Å². The second kappa shape index (κ2) is 6.80. The molecule has 0 aliphatic rings. The van der Waals surface area contributed by atoms with Crippen LogP contribution < -0.4 is 5.32 Å². The summed E-state index contributed by atoms with van der Waals surface area (Å²) in [7, 11) is 0. The molecule has 0 saturated carbocycles. The number of carbonyl (C=O) groups excluding carboxylic acids is 1. The number of rotatable bonds is 4. The van der Waals surface area contributed by atoms with Gasteiger partial charge in [-0.25, -0.2) is 4.98 Å². The van der Waals surface area contributed by atoms with Crippen molar-refractivity contribution in [3.63, 3.8) is 0 Å². The van der Waals surface area contributed by atoms with Crippen LogP contribution in [0.1, 0.15) is 24.4 Å². The monoisotopic (exact) mass is 363 g/mol. The lowest BCUT2D eigenvalue weighted by molar-refractivity contribution is -0.137. The number of aliphatic hydroxyl groups is 1. The lowest BCUT2D eigenvalue weighted by atomic mass is 10.2. The van der Waals surface area contributed by atoms with Crippen LogP contribution in [0.5, 0.6) is 0 Å². The standard InChI is InChI=1S/C18H16F3N3O2/c1-11(25)17-23-14-4-2-3-5-15(14)24(17)10-16(26)22-13-8-6-12(7-9-13)18(19,20)21/h2-9,11,25H,10H2,1H3,(H,22,26). The summed E-state index contributed by atoms with van der Waals surface area (Å²) in [6.07, 6.45) is -5.30. The maximum atomic E-state index is 12.6. The van der Waals surface area contributed by atoms with E-state index < -0.39 is 23.8 Å². The highest BCUT2D eigenvalue weighted by Gasteiger charge is 2.30. The fourth-order valence-corrected chi connectivity index (χ4v) is 2.67. The molecule has 5 nitrogen and oxygen atoms in total. The molecule has 136 valence electrons. The molecule has 0 bridgehead atoms. The van der Waals surface area contributed by atoms with Crippen LogP contribution in [0.2, 0.25) is 0 Å². The Labute approximate surface area is 147 Å². The summed E-state index contributed by atoms with van der Waals surface area (Å²) in [6.45, 7) is 1.42. The molecule has 1 heterocycles. The third kappa shape index (κ3) is 3.70. The number of fused-ring (bicyclic) bond motifs is 1. The normalized spacial score (nSPS) is 13.0. The number of amides is 1. The Hall–Kier alpha value is -2.87. The summed E-state index contributed by atoms with van der Waals surface area (Å²) in [4.78, 5) is 16.6. The molecule has 3 rings (SSSR count). The largest absolute Gasteiger partial charge is 0.416 e. The summed E-state index contributed by atoms with van der Waals surface area (Å²) in [5, 5.41) is 12.4. The van der Waals surface area contributed by atoms with E-state index in [1.54, 1.807) is 35.8 Å². The Morgan fingerprint density at radius 1 is 1.19 bits per heavy atom. The Bertz CT molecular complexity index is 931. The van der Waals surface area contributed by atoms with Crippen LogP contribution in [0.25, 0.3) is 11.0 Å². The highest BCUT2D eigenvalue weighted by molar-refractivity contribution is 5.91. The maximum Gasteiger partial charge on any atom is 0.416 e. The van der Waals surface area contributed by atoms with Crippen LogP contribution in [0.15, 0.2) is 48.5 Å². The lowest BCUT2D eigenvalue weighted by Crippen LogP contribution is -2.21. The first-order valence-electron chi connectivity index (χ1n) is 7.86. The van der Waals surface area contributed by atoms with Gasteiger partial charge in [0.25, 0.3) is 0 Å². The maximum absolute atomic E-state index is 12.6. The van der Waals surface area contributed by atoms with Gasteiger partial charge in [0.1, 0.15) is 18.5 Å². The average molecular weight is 363 g/mol. The van der Waals surface area contributed by atoms with Gasteiger partial charge in [0, 0.05) is 5.69 Å². The van der Waals surface area contributed by atoms with Crippen molar-refractivity contribution in [3.05, 3.63) is 59.9 Å². The smallest absolute Gasteiger partial charge is 0.385 e. The van der Waals surface area contributed by atoms with Crippen LogP contribution in [-0.4, -0.2) is 20.6 Å². The predicted octanol–water partition coefficient (Wildman–Crippen LogP) is 3.75. The van der Waals surface area contributed by atoms with E-state index >= 15 is 0 Å². The van der Waals surface area contributed by atoms with Crippen LogP contribution in [0, 0.1) is 0 Å². The summed E-state index contributed by atoms with van der Waals surface area (Å²) in [5.41, 5.74) is 0.801. The molecule has 0 spiro atoms. The molecular weight excluding hydrogens is 347 g/mol. The van der Waals surface area contributed by atoms with Crippen molar-refractivity contribution >= 4 is 22.6 Å². The van der Waals surface area contributed by atoms with Gasteiger partial charge < -0.3 is 15.0 Å². The van der Waals surface area contributed by atoms with Crippen molar-refractivity contribution in [2.75, 3.05) is 5.32 Å². The van der Waals surface area contributed by atoms with E-state index in [0.717, 1.165) is 12.1 Å². The van der Waals surface area contributed by atoms with Gasteiger partial charge in [-0.05, 0) is 43.3 Å². The summed E-state index contributed by atoms with van der Waals surface area (Å²) in [5.74, 6) is -0.0939. The molecule has 0 saturated heterocycles. The zero-order valence-electron chi connectivity index (χ0n) is 13.8. The molecule has 0 radical (unpaired) electrons. The molecule has 0 aliphatic carbocycles. The summed E-state index contributed by atoms with van der Waals surface area (Å²) < 4.78 is 39.3. The summed E-state index contributed by atoms with van der Waals surface area (Å²) in [6, 6.07) is 11.3. The number of alkyl halides is 3. The molecule has 1 amide bonds. The minimum atomic E-state index is -4.43. The molecule has 1 aromatic heterocycles. The number of nitrogens with one attached hydrogen (secondary N) is 1. The second-order valence-electron chi connectivity index (χ2n) is 5.84. The third-order valence-electron chi connectivity index (χ3n) is 3.86. The number of aliphatic hydroxyl groups excluding tert-OH is 1. The van der Waals surface area contributed by atoms with Gasteiger partial charge in [-0.3, -0.25) is 4.79 Å². The van der Waals surface area contributed by atoms with Crippen molar-refractivity contribution in [2.45, 2.75) is 25.7 Å². The average Bonchev–Trinajstić information content (AvgIpc) is 2.93. The van der Waals surface area contributed by atoms with Crippen molar-refractivity contribution < 1.29 is 23.1 Å². The Morgan fingerprint density at radius 2 is 1.85 bits per heavy atom. The molecule has 3 aromatic rings. The Morgan fingerprint density at radius 3 is 2.46 bits per heavy atom. The van der Waals surface area contributed by atoms with Crippen LogP contribution in [-0.2, 0) is 17.5 Å². The minimum absolute atomic E-state index is 0.123. The van der Waals surface area contributed by atoms with E-state index in [2.05, 4.69) is 10.3 Å². The molecule has 1 unspecified atom stereocenters. The van der Waals surface area contributed by atoms with Gasteiger partial charge in [-0.2, -0.15) is 13.2 Å². The van der Waals surface area contributed by atoms with E-state index in [4.69, 9.17) is 0 Å². The number of anilines is 1. The van der Waals surface area contributed by atoms with Crippen molar-refractivity contribution in [3.8, 4) is 0 Å². The zero-order chi connectivity index (χ0) is 18.9. The number of aromatic nitrogens is 2. The molecule has 26 heavy (non-hydrogen) atoms. The highest BCUT2D eigenvalue weighted by atomic mass is 19.4. The Balaban J connectivity index is 1.80. The van der Waals surface area contributed by atoms with Gasteiger partial charge in [-0.15, -0.1) is 0 Å². The topological polar surface area (TPSA) is 67.2 Å². The molecule has 8 heteroatoms. The molecule has 1 atom stereocenters. The number of carbonyl (C=O) groups is 1. The van der Waals surface area contributed by atoms with Gasteiger partial charge >= 0.3 is 6.18 Å². The fraction of sp³-hybridized carbons (Fsp3) is 0.222. The first kappa shape index (κ1) is 17.9. The quantitative estimate of drug-likeness (QED) is 0.742. The number of imidazole rings is 1. The molecule has 0 aliphatic heterocycles. The van der Waals surface area contributed by atoms with E-state index in [9.17, 15) is 23.1 Å². The van der Waals surface area contributed by atoms with E-state index in [1.165, 1.54) is 12.1 Å². The van der Waals surface area contributed by atoms with Gasteiger partial charge in [0.2, 0.25) is 5.91 Å². The molecule has 2 aromatic carbocycles. The lowest BCUT2D eigenvalue weighted by Gasteiger charge is -2.12. The van der Waals surface area contributed by atoms with Crippen molar-refractivity contribution in [1.29, 1.82) is 0 Å². The third-order valence-corrected chi connectivity index (χ3v) is 3.86. The van der Waals surface area contributed by atoms with Crippen molar-refractivity contribution in [2.24, 2.45) is 0 Å². The van der Waals surface area contributed by atoms with Gasteiger partial charge in [0.15, 0.2) is 0 Å². The molecule has 2 N–H and O–H groups in total. The fourth-order valence-electron chi connectivity index (χ4n) is 2.67.